The van der Waals surface area contributed by atoms with Gasteiger partial charge in [0.2, 0.25) is 5.91 Å². The van der Waals surface area contributed by atoms with Crippen LogP contribution in [0.15, 0.2) is 52.1 Å². The molecule has 1 aliphatic rings. The summed E-state index contributed by atoms with van der Waals surface area (Å²) in [5.41, 5.74) is 1.90. The van der Waals surface area contributed by atoms with Gasteiger partial charge < -0.3 is 4.90 Å². The normalized spacial score (nSPS) is 14.2. The smallest absolute Gasteiger partial charge is 0.233 e. The molecule has 24 heavy (non-hydrogen) atoms. The highest BCUT2D eigenvalue weighted by atomic mass is 32.2. The van der Waals surface area contributed by atoms with Crippen LogP contribution in [0.3, 0.4) is 0 Å². The van der Waals surface area contributed by atoms with Gasteiger partial charge in [-0.3, -0.25) is 4.79 Å². The van der Waals surface area contributed by atoms with Crippen molar-refractivity contribution >= 4 is 46.0 Å². The molecule has 0 fully saturated rings. The van der Waals surface area contributed by atoms with E-state index < -0.39 is 0 Å². The van der Waals surface area contributed by atoms with E-state index in [9.17, 15) is 4.79 Å². The maximum atomic E-state index is 12.9. The van der Waals surface area contributed by atoms with E-state index in [2.05, 4.69) is 17.1 Å². The number of hydrogen-bond donors (Lipinski definition) is 0. The van der Waals surface area contributed by atoms with Crippen LogP contribution in [0.25, 0.3) is 9.88 Å². The number of anilines is 1. The molecule has 0 unspecified atom stereocenters. The first kappa shape index (κ1) is 15.9. The minimum absolute atomic E-state index is 0.132. The summed E-state index contributed by atoms with van der Waals surface area (Å²) in [6, 6.07) is 12.3. The molecule has 3 aromatic rings. The Labute approximate surface area is 153 Å². The van der Waals surface area contributed by atoms with E-state index in [4.69, 9.17) is 0 Å². The molecule has 1 amide bonds. The monoisotopic (exact) mass is 372 g/mol. The number of amides is 1. The second kappa shape index (κ2) is 7.09. The van der Waals surface area contributed by atoms with Crippen molar-refractivity contribution < 1.29 is 4.79 Å². The molecule has 122 valence electrons. The second-order valence-corrected chi connectivity index (χ2v) is 8.46. The predicted molar refractivity (Wildman–Crippen MR) is 103 cm³/mol. The summed E-state index contributed by atoms with van der Waals surface area (Å²) >= 11 is 5.12. The first-order valence-electron chi connectivity index (χ1n) is 7.82. The number of aromatic nitrogens is 1. The molecule has 0 saturated heterocycles. The highest BCUT2D eigenvalue weighted by molar-refractivity contribution is 7.99. The van der Waals surface area contributed by atoms with Crippen molar-refractivity contribution in [3.63, 3.8) is 0 Å². The number of thiophene rings is 1. The minimum atomic E-state index is 0.132. The highest BCUT2D eigenvalue weighted by Crippen LogP contribution is 2.34. The molecule has 0 N–H and O–H groups in total. The summed E-state index contributed by atoms with van der Waals surface area (Å²) < 4.78 is 0. The molecule has 0 radical (unpaired) electrons. The molecule has 0 aliphatic carbocycles. The number of nitrogens with zero attached hydrogens (tertiary/aromatic N) is 2. The Bertz CT molecular complexity index is 842. The van der Waals surface area contributed by atoms with Gasteiger partial charge in [-0.15, -0.1) is 34.4 Å². The lowest BCUT2D eigenvalue weighted by Gasteiger charge is -2.22. The van der Waals surface area contributed by atoms with E-state index in [0.717, 1.165) is 40.0 Å². The van der Waals surface area contributed by atoms with Crippen LogP contribution < -0.4 is 4.90 Å². The average molecular weight is 373 g/mol. The Morgan fingerprint density at radius 3 is 2.96 bits per heavy atom. The molecule has 3 nitrogen and oxygen atoms in total. The number of fused-ring (bicyclic) bond motifs is 1. The molecule has 0 spiro atoms. The average Bonchev–Trinajstić information content (AvgIpc) is 3.23. The third-order valence-electron chi connectivity index (χ3n) is 3.86. The Kier molecular flexibility index (Phi) is 4.69. The van der Waals surface area contributed by atoms with E-state index in [0.29, 0.717) is 6.42 Å². The topological polar surface area (TPSA) is 33.2 Å². The summed E-state index contributed by atoms with van der Waals surface area (Å²) in [5, 5.41) is 5.05. The lowest BCUT2D eigenvalue weighted by atomic mass is 10.2. The van der Waals surface area contributed by atoms with Crippen LogP contribution in [0.1, 0.15) is 12.1 Å². The van der Waals surface area contributed by atoms with Gasteiger partial charge in [-0.25, -0.2) is 4.98 Å². The molecule has 1 aromatic carbocycles. The fraction of sp³-hybridized carbons (Fsp3) is 0.222. The lowest BCUT2D eigenvalue weighted by molar-refractivity contribution is -0.118. The Balaban J connectivity index is 1.54. The Morgan fingerprint density at radius 1 is 1.17 bits per heavy atom. The summed E-state index contributed by atoms with van der Waals surface area (Å²) in [6.07, 6.45) is 1.38. The van der Waals surface area contributed by atoms with Gasteiger partial charge in [0.05, 0.1) is 22.7 Å². The molecular formula is C18H16N2OS3. The second-order valence-electron chi connectivity index (χ2n) is 5.51. The fourth-order valence-corrected chi connectivity index (χ4v) is 5.37. The first-order chi connectivity index (χ1) is 11.8. The van der Waals surface area contributed by atoms with Crippen molar-refractivity contribution in [2.24, 2.45) is 0 Å². The van der Waals surface area contributed by atoms with Gasteiger partial charge in [-0.2, -0.15) is 0 Å². The maximum absolute atomic E-state index is 12.9. The summed E-state index contributed by atoms with van der Waals surface area (Å²) in [5.74, 6) is 1.19. The lowest BCUT2D eigenvalue weighted by Crippen LogP contribution is -2.33. The molecule has 0 atom stereocenters. The van der Waals surface area contributed by atoms with Crippen molar-refractivity contribution in [2.75, 3.05) is 17.2 Å². The van der Waals surface area contributed by atoms with Gasteiger partial charge in [0.1, 0.15) is 5.01 Å². The van der Waals surface area contributed by atoms with E-state index >= 15 is 0 Å². The van der Waals surface area contributed by atoms with Crippen LogP contribution in [0.4, 0.5) is 5.69 Å². The molecule has 4 rings (SSSR count). The summed E-state index contributed by atoms with van der Waals surface area (Å²) in [4.78, 5) is 21.8. The largest absolute Gasteiger partial charge is 0.311 e. The number of carbonyl (C=O) groups excluding carboxylic acids is 1. The number of carbonyl (C=O) groups is 1. The standard InChI is InChI=1S/C18H16N2OS3/c21-17(11-13-12-24-18(19-13)16-7-3-9-23-16)20-8-4-10-22-15-6-2-1-5-14(15)20/h1-3,5-7,9,12H,4,8,10-11H2. The van der Waals surface area contributed by atoms with Gasteiger partial charge in [0, 0.05) is 16.8 Å². The summed E-state index contributed by atoms with van der Waals surface area (Å²) in [7, 11) is 0. The van der Waals surface area contributed by atoms with Crippen molar-refractivity contribution in [1.29, 1.82) is 0 Å². The van der Waals surface area contributed by atoms with Gasteiger partial charge in [0.15, 0.2) is 0 Å². The van der Waals surface area contributed by atoms with Crippen LogP contribution in [-0.2, 0) is 11.2 Å². The number of rotatable bonds is 3. The van der Waals surface area contributed by atoms with Crippen LogP contribution in [0.5, 0.6) is 0 Å². The zero-order valence-corrected chi connectivity index (χ0v) is 15.4. The van der Waals surface area contributed by atoms with E-state index in [1.165, 1.54) is 4.90 Å². The number of thioether (sulfide) groups is 1. The zero-order valence-electron chi connectivity index (χ0n) is 13.0. The molecule has 1 aliphatic heterocycles. The minimum Gasteiger partial charge on any atom is -0.311 e. The predicted octanol–water partition coefficient (Wildman–Crippen LogP) is 4.94. The van der Waals surface area contributed by atoms with Crippen molar-refractivity contribution in [1.82, 2.24) is 4.98 Å². The quantitative estimate of drug-likeness (QED) is 0.653. The Hall–Kier alpha value is -1.63. The summed E-state index contributed by atoms with van der Waals surface area (Å²) in [6.45, 7) is 0.783. The van der Waals surface area contributed by atoms with E-state index in [1.54, 1.807) is 22.7 Å². The van der Waals surface area contributed by atoms with Gasteiger partial charge in [0.25, 0.3) is 0 Å². The molecule has 0 saturated carbocycles. The van der Waals surface area contributed by atoms with E-state index in [-0.39, 0.29) is 5.91 Å². The Morgan fingerprint density at radius 2 is 2.08 bits per heavy atom. The van der Waals surface area contributed by atoms with Crippen LogP contribution in [-0.4, -0.2) is 23.2 Å². The van der Waals surface area contributed by atoms with Crippen molar-refractivity contribution in [2.45, 2.75) is 17.7 Å². The van der Waals surface area contributed by atoms with Crippen LogP contribution in [0, 0.1) is 0 Å². The molecular weight excluding hydrogens is 356 g/mol. The molecule has 3 heterocycles. The number of para-hydroxylation sites is 1. The number of thiazole rings is 1. The van der Waals surface area contributed by atoms with Crippen LogP contribution in [0.2, 0.25) is 0 Å². The zero-order chi connectivity index (χ0) is 16.4. The van der Waals surface area contributed by atoms with Crippen molar-refractivity contribution in [3.05, 3.63) is 52.9 Å². The van der Waals surface area contributed by atoms with Gasteiger partial charge >= 0.3 is 0 Å². The van der Waals surface area contributed by atoms with E-state index in [1.807, 2.05) is 51.7 Å². The van der Waals surface area contributed by atoms with Gasteiger partial charge in [-0.1, -0.05) is 18.2 Å². The van der Waals surface area contributed by atoms with Crippen molar-refractivity contribution in [3.8, 4) is 9.88 Å². The fourth-order valence-electron chi connectivity index (χ4n) is 2.74. The van der Waals surface area contributed by atoms with Crippen LogP contribution >= 0.6 is 34.4 Å². The molecule has 0 bridgehead atoms. The third-order valence-corrected chi connectivity index (χ3v) is 6.94. The molecule has 2 aromatic heterocycles. The number of hydrogen-bond acceptors (Lipinski definition) is 5. The van der Waals surface area contributed by atoms with Gasteiger partial charge in [-0.05, 0) is 35.8 Å². The number of benzene rings is 1. The highest BCUT2D eigenvalue weighted by Gasteiger charge is 2.22. The molecule has 6 heteroatoms. The maximum Gasteiger partial charge on any atom is 0.233 e. The third kappa shape index (κ3) is 3.27. The first-order valence-corrected chi connectivity index (χ1v) is 10.6. The SMILES string of the molecule is O=C(Cc1csc(-c2cccs2)n1)N1CCCSc2ccccc21.